The van der Waals surface area contributed by atoms with E-state index in [-0.39, 0.29) is 44.0 Å². The van der Waals surface area contributed by atoms with Crippen LogP contribution in [0.5, 0.6) is 5.75 Å². The molecule has 1 atom stereocenters. The summed E-state index contributed by atoms with van der Waals surface area (Å²) < 4.78 is 49.4. The lowest BCUT2D eigenvalue weighted by atomic mass is 9.88. The number of carboxylic acid groups (broad SMARTS) is 1. The van der Waals surface area contributed by atoms with E-state index in [1.165, 1.54) is 18.1 Å². The molecule has 27 heavy (non-hydrogen) atoms. The van der Waals surface area contributed by atoms with Gasteiger partial charge in [0, 0.05) is 20.2 Å². The van der Waals surface area contributed by atoms with Crippen LogP contribution in [0.4, 0.5) is 13.2 Å². The molecule has 1 fully saturated rings. The lowest BCUT2D eigenvalue weighted by Gasteiger charge is -2.24. The van der Waals surface area contributed by atoms with Crippen LogP contribution in [0.2, 0.25) is 0 Å². The van der Waals surface area contributed by atoms with Crippen molar-refractivity contribution < 1.29 is 37.3 Å². The molecule has 0 aromatic heterocycles. The van der Waals surface area contributed by atoms with Gasteiger partial charge in [0.25, 0.3) is 5.91 Å². The van der Waals surface area contributed by atoms with Gasteiger partial charge in [-0.2, -0.15) is 13.2 Å². The van der Waals surface area contributed by atoms with Crippen LogP contribution in [0.1, 0.15) is 22.3 Å². The first-order chi connectivity index (χ1) is 12.6. The lowest BCUT2D eigenvalue weighted by Crippen LogP contribution is -2.40. The maximum absolute atomic E-state index is 13.0. The summed E-state index contributed by atoms with van der Waals surface area (Å²) in [4.78, 5) is 25.7. The Morgan fingerprint density at radius 2 is 2.11 bits per heavy atom. The van der Waals surface area contributed by atoms with Crippen molar-refractivity contribution in [2.75, 3.05) is 33.4 Å². The number of hydrogen-bond donors (Lipinski definition) is 1. The molecule has 1 aromatic rings. The second-order valence-electron chi connectivity index (χ2n) is 6.30. The van der Waals surface area contributed by atoms with Gasteiger partial charge < -0.3 is 19.5 Å². The van der Waals surface area contributed by atoms with Gasteiger partial charge in [-0.25, -0.2) is 0 Å². The smallest absolute Gasteiger partial charge is 0.416 e. The van der Waals surface area contributed by atoms with Crippen molar-refractivity contribution in [2.24, 2.45) is 5.41 Å². The fourth-order valence-corrected chi connectivity index (χ4v) is 2.99. The summed E-state index contributed by atoms with van der Waals surface area (Å²) in [5.41, 5.74) is -2.54. The van der Waals surface area contributed by atoms with E-state index in [0.717, 1.165) is 18.2 Å². The highest BCUT2D eigenvalue weighted by molar-refractivity contribution is 5.98. The molecule has 1 unspecified atom stereocenters. The Balaban J connectivity index is 2.36. The van der Waals surface area contributed by atoms with Gasteiger partial charge >= 0.3 is 12.1 Å². The van der Waals surface area contributed by atoms with Crippen LogP contribution in [0.3, 0.4) is 0 Å². The molecule has 0 aliphatic carbocycles. The summed E-state index contributed by atoms with van der Waals surface area (Å²) in [6.45, 7) is 3.30. The number of alkyl halides is 3. The zero-order valence-corrected chi connectivity index (χ0v) is 14.7. The number of hydrogen-bond acceptors (Lipinski definition) is 4. The first kappa shape index (κ1) is 20.8. The van der Waals surface area contributed by atoms with Gasteiger partial charge in [-0.1, -0.05) is 12.7 Å². The van der Waals surface area contributed by atoms with Crippen LogP contribution in [0.25, 0.3) is 0 Å². The molecule has 0 spiro atoms. The zero-order chi connectivity index (χ0) is 20.2. The van der Waals surface area contributed by atoms with Crippen LogP contribution < -0.4 is 4.74 Å². The van der Waals surface area contributed by atoms with Gasteiger partial charge in [0.1, 0.15) is 17.8 Å². The third-order valence-corrected chi connectivity index (χ3v) is 4.41. The Kier molecular flexibility index (Phi) is 6.15. The predicted molar refractivity (Wildman–Crippen MR) is 89.6 cm³/mol. The normalized spacial score (nSPS) is 19.8. The molecule has 1 heterocycles. The molecule has 1 N–H and O–H groups in total. The number of rotatable bonds is 7. The molecule has 0 bridgehead atoms. The number of likely N-dealkylation sites (tertiary alicyclic amines) is 1. The highest BCUT2D eigenvalue weighted by Crippen LogP contribution is 2.36. The van der Waals surface area contributed by atoms with Crippen molar-refractivity contribution in [1.29, 1.82) is 0 Å². The van der Waals surface area contributed by atoms with E-state index in [4.69, 9.17) is 9.47 Å². The molecule has 148 valence electrons. The molecular weight excluding hydrogens is 367 g/mol. The summed E-state index contributed by atoms with van der Waals surface area (Å²) >= 11 is 0. The standard InChI is InChI=1S/C18H20F3NO5/c1-3-8-27-14-5-4-12(18(19,20)21)9-13(14)15(23)22-7-6-17(10-22,11-26-2)16(24)25/h3-5,9H,1,6-8,10-11H2,2H3,(H,24,25). The average Bonchev–Trinajstić information content (AvgIpc) is 3.04. The number of amides is 1. The molecule has 6 nitrogen and oxygen atoms in total. The number of carbonyl (C=O) groups excluding carboxylic acids is 1. The van der Waals surface area contributed by atoms with Gasteiger partial charge in [-0.15, -0.1) is 0 Å². The Bertz CT molecular complexity index is 734. The predicted octanol–water partition coefficient (Wildman–Crippen LogP) is 2.83. The topological polar surface area (TPSA) is 76.1 Å². The van der Waals surface area contributed by atoms with Gasteiger partial charge in [0.2, 0.25) is 0 Å². The quantitative estimate of drug-likeness (QED) is 0.728. The molecule has 1 aliphatic rings. The highest BCUT2D eigenvalue weighted by Gasteiger charge is 2.47. The van der Waals surface area contributed by atoms with Crippen LogP contribution >= 0.6 is 0 Å². The molecule has 0 radical (unpaired) electrons. The van der Waals surface area contributed by atoms with Crippen molar-refractivity contribution in [1.82, 2.24) is 4.90 Å². The Morgan fingerprint density at radius 1 is 1.41 bits per heavy atom. The molecule has 1 saturated heterocycles. The van der Waals surface area contributed by atoms with Gasteiger partial charge in [-0.3, -0.25) is 9.59 Å². The minimum Gasteiger partial charge on any atom is -0.489 e. The number of benzene rings is 1. The summed E-state index contributed by atoms with van der Waals surface area (Å²) in [6.07, 6.45) is -3.09. The molecule has 0 saturated carbocycles. The number of carbonyl (C=O) groups is 2. The first-order valence-corrected chi connectivity index (χ1v) is 8.11. The van der Waals surface area contributed by atoms with Crippen LogP contribution in [-0.2, 0) is 15.7 Å². The third kappa shape index (κ3) is 4.41. The van der Waals surface area contributed by atoms with E-state index in [2.05, 4.69) is 6.58 Å². The van der Waals surface area contributed by atoms with Crippen LogP contribution in [-0.4, -0.2) is 55.3 Å². The van der Waals surface area contributed by atoms with Crippen LogP contribution in [0, 0.1) is 5.41 Å². The Morgan fingerprint density at radius 3 is 2.67 bits per heavy atom. The van der Waals surface area contributed by atoms with Crippen molar-refractivity contribution in [3.8, 4) is 5.75 Å². The molecule has 9 heteroatoms. The summed E-state index contributed by atoms with van der Waals surface area (Å²) in [6, 6.07) is 2.62. The summed E-state index contributed by atoms with van der Waals surface area (Å²) in [5.74, 6) is -1.86. The maximum atomic E-state index is 13.0. The number of nitrogens with zero attached hydrogens (tertiary/aromatic N) is 1. The number of methoxy groups -OCH3 is 1. The first-order valence-electron chi connectivity index (χ1n) is 8.11. The SMILES string of the molecule is C=CCOc1ccc(C(F)(F)F)cc1C(=O)N1CCC(COC)(C(=O)O)C1. The number of ether oxygens (including phenoxy) is 2. The highest BCUT2D eigenvalue weighted by atomic mass is 19.4. The monoisotopic (exact) mass is 387 g/mol. The van der Waals surface area contributed by atoms with Crippen molar-refractivity contribution in [3.63, 3.8) is 0 Å². The average molecular weight is 387 g/mol. The van der Waals surface area contributed by atoms with E-state index in [1.807, 2.05) is 0 Å². The van der Waals surface area contributed by atoms with Gasteiger partial charge in [-0.05, 0) is 24.6 Å². The Hall–Kier alpha value is -2.55. The number of halogens is 3. The van der Waals surface area contributed by atoms with Gasteiger partial charge in [0.05, 0.1) is 17.7 Å². The fraction of sp³-hybridized carbons (Fsp3) is 0.444. The Labute approximate surface area is 154 Å². The van der Waals surface area contributed by atoms with E-state index >= 15 is 0 Å². The van der Waals surface area contributed by atoms with Crippen molar-refractivity contribution in [2.45, 2.75) is 12.6 Å². The molecular formula is C18H20F3NO5. The van der Waals surface area contributed by atoms with Crippen LogP contribution in [0.15, 0.2) is 30.9 Å². The number of aliphatic carboxylic acids is 1. The van der Waals surface area contributed by atoms with E-state index in [9.17, 15) is 27.9 Å². The largest absolute Gasteiger partial charge is 0.489 e. The van der Waals surface area contributed by atoms with E-state index in [1.54, 1.807) is 0 Å². The molecule has 2 rings (SSSR count). The minimum atomic E-state index is -4.63. The molecule has 1 aromatic carbocycles. The summed E-state index contributed by atoms with van der Waals surface area (Å²) in [5, 5.41) is 9.48. The molecule has 1 amide bonds. The third-order valence-electron chi connectivity index (χ3n) is 4.41. The van der Waals surface area contributed by atoms with Crippen molar-refractivity contribution >= 4 is 11.9 Å². The lowest BCUT2D eigenvalue weighted by molar-refractivity contribution is -0.151. The summed E-state index contributed by atoms with van der Waals surface area (Å²) in [7, 11) is 1.35. The second-order valence-corrected chi connectivity index (χ2v) is 6.30. The number of carboxylic acids is 1. The second kappa shape index (κ2) is 7.99. The van der Waals surface area contributed by atoms with Crippen molar-refractivity contribution in [3.05, 3.63) is 42.0 Å². The van der Waals surface area contributed by atoms with Gasteiger partial charge in [0.15, 0.2) is 0 Å². The van der Waals surface area contributed by atoms with E-state index in [0.29, 0.717) is 0 Å². The fourth-order valence-electron chi connectivity index (χ4n) is 2.99. The maximum Gasteiger partial charge on any atom is 0.416 e. The zero-order valence-electron chi connectivity index (χ0n) is 14.7. The molecule has 1 aliphatic heterocycles. The minimum absolute atomic E-state index is 0.00832. The van der Waals surface area contributed by atoms with E-state index < -0.39 is 29.0 Å².